The second-order valence-corrected chi connectivity index (χ2v) is 12.9. The van der Waals surface area contributed by atoms with Crippen LogP contribution in [-0.4, -0.2) is 65.0 Å². The number of hydrogen-bond acceptors (Lipinski definition) is 11. The smallest absolute Gasteiger partial charge is 0.224 e. The zero-order chi connectivity index (χ0) is 31.2. The Hall–Kier alpha value is -1.82. The first-order valence-corrected chi connectivity index (χ1v) is 18.0. The highest BCUT2D eigenvalue weighted by Gasteiger charge is 2.18. The lowest BCUT2D eigenvalue weighted by Crippen LogP contribution is -2.27. The van der Waals surface area contributed by atoms with Crippen LogP contribution < -0.4 is 16.4 Å². The molecule has 0 aliphatic rings. The molecule has 0 saturated carbocycles. The number of fused-ring (bicyclic) bond motifs is 1. The third kappa shape index (κ3) is 16.7. The molecule has 0 spiro atoms. The summed E-state index contributed by atoms with van der Waals surface area (Å²) in [7, 11) is -4.20. The standard InChI is InChI=1S/C30H57N6O6P/c1-3-5-6-7-8-9-10-11-12-13-14-15-16-17-19-40-20-18-21-42-43(37,38)25-41-26(23-39-4-2)22-36-24-33-27-28(31)34-30(32)35-29(27)36/h24,26H,3-23,25H2,1-2H3,(H,37,38)(H4,31,32,34,35)/p-1. The Labute approximate surface area is 258 Å². The van der Waals surface area contributed by atoms with Gasteiger partial charge in [-0.3, -0.25) is 0 Å². The fourth-order valence-corrected chi connectivity index (χ4v) is 5.71. The number of hydrogen-bond donors (Lipinski definition) is 2. The molecule has 0 amide bonds. The molecule has 13 heteroatoms. The first-order valence-electron chi connectivity index (χ1n) is 16.3. The van der Waals surface area contributed by atoms with Crippen LogP contribution in [0.5, 0.6) is 0 Å². The Balaban J connectivity index is 1.50. The van der Waals surface area contributed by atoms with E-state index >= 15 is 0 Å². The van der Waals surface area contributed by atoms with E-state index in [1.54, 1.807) is 4.57 Å². The number of imidazole rings is 1. The van der Waals surface area contributed by atoms with Crippen molar-refractivity contribution in [2.24, 2.45) is 0 Å². The van der Waals surface area contributed by atoms with Gasteiger partial charge < -0.3 is 44.2 Å². The fourth-order valence-electron chi connectivity index (χ4n) is 4.84. The van der Waals surface area contributed by atoms with Gasteiger partial charge in [-0.15, -0.1) is 0 Å². The first kappa shape index (κ1) is 37.4. The van der Waals surface area contributed by atoms with Crippen LogP contribution >= 0.6 is 7.60 Å². The minimum absolute atomic E-state index is 0.0232. The number of rotatable bonds is 28. The van der Waals surface area contributed by atoms with Gasteiger partial charge in [-0.2, -0.15) is 9.97 Å². The molecule has 0 aromatic carbocycles. The lowest BCUT2D eigenvalue weighted by molar-refractivity contribution is -0.206. The van der Waals surface area contributed by atoms with Crippen LogP contribution in [0.25, 0.3) is 11.2 Å². The van der Waals surface area contributed by atoms with Gasteiger partial charge in [-0.05, 0) is 19.8 Å². The summed E-state index contributed by atoms with van der Waals surface area (Å²) in [6, 6.07) is 0. The van der Waals surface area contributed by atoms with Gasteiger partial charge in [-0.1, -0.05) is 90.4 Å². The van der Waals surface area contributed by atoms with E-state index in [0.29, 0.717) is 37.4 Å². The van der Waals surface area contributed by atoms with Crippen LogP contribution in [0.2, 0.25) is 0 Å². The van der Waals surface area contributed by atoms with E-state index in [9.17, 15) is 9.46 Å². The van der Waals surface area contributed by atoms with Crippen LogP contribution in [0.4, 0.5) is 11.8 Å². The van der Waals surface area contributed by atoms with E-state index in [1.165, 1.54) is 89.8 Å². The molecule has 2 unspecified atom stereocenters. The maximum absolute atomic E-state index is 12.4. The molecule has 2 atom stereocenters. The SMILES string of the molecule is CCCCCCCCCCCCCCCCOCCCOP(=O)([O-])COC(COCC)Cn1cnc2c(N)nc(N)nc21. The zero-order valence-electron chi connectivity index (χ0n) is 26.6. The van der Waals surface area contributed by atoms with E-state index in [1.807, 2.05) is 6.92 Å². The number of nitrogens with two attached hydrogens (primary N) is 2. The molecule has 2 aromatic rings. The second kappa shape index (κ2) is 22.7. The van der Waals surface area contributed by atoms with Crippen molar-refractivity contribution < 1.29 is 28.2 Å². The molecular weight excluding hydrogens is 571 g/mol. The Morgan fingerprint density at radius 3 is 2.07 bits per heavy atom. The monoisotopic (exact) mass is 627 g/mol. The van der Waals surface area contributed by atoms with Gasteiger partial charge >= 0.3 is 0 Å². The molecule has 43 heavy (non-hydrogen) atoms. The number of unbranched alkanes of at least 4 members (excludes halogenated alkanes) is 13. The largest absolute Gasteiger partial charge is 0.777 e. The number of nitrogens with zero attached hydrogens (tertiary/aromatic N) is 4. The van der Waals surface area contributed by atoms with E-state index < -0.39 is 20.0 Å². The zero-order valence-corrected chi connectivity index (χ0v) is 27.4. The van der Waals surface area contributed by atoms with E-state index in [4.69, 9.17) is 30.2 Å². The molecule has 0 saturated heterocycles. The van der Waals surface area contributed by atoms with Crippen molar-refractivity contribution >= 4 is 30.5 Å². The Morgan fingerprint density at radius 1 is 0.837 bits per heavy atom. The third-order valence-corrected chi connectivity index (χ3v) is 8.29. The van der Waals surface area contributed by atoms with Crippen molar-refractivity contribution in [3.8, 4) is 0 Å². The summed E-state index contributed by atoms with van der Waals surface area (Å²) in [4.78, 5) is 24.7. The summed E-state index contributed by atoms with van der Waals surface area (Å²) in [6.45, 7) is 6.20. The van der Waals surface area contributed by atoms with Crippen molar-refractivity contribution in [3.63, 3.8) is 0 Å². The predicted octanol–water partition coefficient (Wildman–Crippen LogP) is 5.83. The minimum Gasteiger partial charge on any atom is -0.777 e. The number of aromatic nitrogens is 4. The lowest BCUT2D eigenvalue weighted by atomic mass is 10.0. The van der Waals surface area contributed by atoms with Crippen molar-refractivity contribution in [3.05, 3.63) is 6.33 Å². The van der Waals surface area contributed by atoms with E-state index in [2.05, 4.69) is 21.9 Å². The van der Waals surface area contributed by atoms with E-state index in [-0.39, 0.29) is 31.5 Å². The Morgan fingerprint density at radius 2 is 1.44 bits per heavy atom. The molecular formula is C30H56N6O6P-. The molecule has 0 radical (unpaired) electrons. The van der Waals surface area contributed by atoms with Gasteiger partial charge in [-0.25, -0.2) is 4.98 Å². The molecule has 0 fully saturated rings. The van der Waals surface area contributed by atoms with Gasteiger partial charge in [0.05, 0.1) is 32.2 Å². The quantitative estimate of drug-likeness (QED) is 0.0858. The van der Waals surface area contributed by atoms with Gasteiger partial charge in [0.15, 0.2) is 19.1 Å². The lowest BCUT2D eigenvalue weighted by Gasteiger charge is -2.26. The second-order valence-electron chi connectivity index (χ2n) is 11.1. The summed E-state index contributed by atoms with van der Waals surface area (Å²) in [6.07, 6.45) is 19.4. The van der Waals surface area contributed by atoms with Gasteiger partial charge in [0.2, 0.25) is 5.95 Å². The molecule has 0 bridgehead atoms. The fraction of sp³-hybridized carbons (Fsp3) is 0.833. The van der Waals surface area contributed by atoms with Crippen molar-refractivity contribution in [1.82, 2.24) is 19.5 Å². The summed E-state index contributed by atoms with van der Waals surface area (Å²) >= 11 is 0. The van der Waals surface area contributed by atoms with Crippen LogP contribution in [-0.2, 0) is 29.8 Å². The number of ether oxygens (including phenoxy) is 3. The van der Waals surface area contributed by atoms with Gasteiger partial charge in [0.25, 0.3) is 0 Å². The maximum Gasteiger partial charge on any atom is 0.224 e. The Bertz CT molecular complexity index is 1040. The minimum atomic E-state index is -4.20. The van der Waals surface area contributed by atoms with Crippen LogP contribution in [0, 0.1) is 0 Å². The molecule has 2 heterocycles. The molecule has 0 aliphatic carbocycles. The molecule has 4 N–H and O–H groups in total. The molecule has 0 aliphatic heterocycles. The van der Waals surface area contributed by atoms with Gasteiger partial charge in [0, 0.05) is 19.8 Å². The highest BCUT2D eigenvalue weighted by Crippen LogP contribution is 2.37. The van der Waals surface area contributed by atoms with Gasteiger partial charge in [0.1, 0.15) is 11.9 Å². The average Bonchev–Trinajstić information content (AvgIpc) is 3.38. The summed E-state index contributed by atoms with van der Waals surface area (Å²) < 4.78 is 36.0. The normalized spacial score (nSPS) is 13.9. The average molecular weight is 628 g/mol. The highest BCUT2D eigenvalue weighted by atomic mass is 31.2. The summed E-state index contributed by atoms with van der Waals surface area (Å²) in [5, 5.41) is 0. The Kier molecular flexibility index (Phi) is 19.7. The number of nitrogen functional groups attached to an aromatic ring is 2. The topological polar surface area (TPSA) is 173 Å². The number of anilines is 2. The highest BCUT2D eigenvalue weighted by molar-refractivity contribution is 7.51. The van der Waals surface area contributed by atoms with Crippen LogP contribution in [0.1, 0.15) is 110 Å². The molecule has 12 nitrogen and oxygen atoms in total. The van der Waals surface area contributed by atoms with Crippen LogP contribution in [0.3, 0.4) is 0 Å². The first-order chi connectivity index (χ1) is 20.9. The van der Waals surface area contributed by atoms with Crippen molar-refractivity contribution in [2.75, 3.05) is 50.8 Å². The summed E-state index contributed by atoms with van der Waals surface area (Å²) in [5.74, 6) is 0.194. The molecule has 248 valence electrons. The molecule has 2 rings (SSSR count). The maximum atomic E-state index is 12.4. The molecule has 2 aromatic heterocycles. The third-order valence-electron chi connectivity index (χ3n) is 7.25. The van der Waals surface area contributed by atoms with Crippen LogP contribution in [0.15, 0.2) is 6.33 Å². The summed E-state index contributed by atoms with van der Waals surface area (Å²) in [5.41, 5.74) is 12.4. The van der Waals surface area contributed by atoms with Crippen molar-refractivity contribution in [1.29, 1.82) is 0 Å². The van der Waals surface area contributed by atoms with Crippen molar-refractivity contribution in [2.45, 2.75) is 123 Å². The van der Waals surface area contributed by atoms with E-state index in [0.717, 1.165) is 6.42 Å². The predicted molar refractivity (Wildman–Crippen MR) is 170 cm³/mol.